The van der Waals surface area contributed by atoms with Crippen molar-refractivity contribution in [2.75, 3.05) is 7.05 Å². The average molecular weight is 263 g/mol. The highest BCUT2D eigenvalue weighted by Gasteiger charge is 2.19. The highest BCUT2D eigenvalue weighted by atomic mass is 19.1. The van der Waals surface area contributed by atoms with E-state index in [0.29, 0.717) is 5.70 Å². The number of hydrogen-bond acceptors (Lipinski definition) is 1. The van der Waals surface area contributed by atoms with Gasteiger partial charge in [-0.25, -0.2) is 8.78 Å². The van der Waals surface area contributed by atoms with Crippen molar-refractivity contribution in [2.45, 2.75) is 18.9 Å². The molecule has 0 fully saturated rings. The summed E-state index contributed by atoms with van der Waals surface area (Å²) in [5.41, 5.74) is 0.222. The van der Waals surface area contributed by atoms with E-state index >= 15 is 0 Å². The summed E-state index contributed by atoms with van der Waals surface area (Å²) >= 11 is 0. The molecule has 1 nitrogen and oxygen atoms in total. The predicted octanol–water partition coefficient (Wildman–Crippen LogP) is 4.39. The van der Waals surface area contributed by atoms with Gasteiger partial charge < -0.3 is 4.90 Å². The lowest BCUT2D eigenvalue weighted by Crippen LogP contribution is -2.28. The second-order valence-corrected chi connectivity index (χ2v) is 4.32. The zero-order valence-electron chi connectivity index (χ0n) is 11.2. The standard InChI is InChI=1S/C16H19F2N/c1-5-7-9-13(6-2)19(4)12(3)16-14(17)10-8-11-15(16)18/h5-6,8,10-11,13H,1-3,7,9H2,4H3. The van der Waals surface area contributed by atoms with Crippen molar-refractivity contribution < 1.29 is 8.78 Å². The van der Waals surface area contributed by atoms with Crippen molar-refractivity contribution >= 4 is 5.70 Å². The first kappa shape index (κ1) is 15.2. The van der Waals surface area contributed by atoms with Crippen LogP contribution in [0.25, 0.3) is 5.70 Å². The number of benzene rings is 1. The monoisotopic (exact) mass is 263 g/mol. The van der Waals surface area contributed by atoms with Crippen molar-refractivity contribution in [3.8, 4) is 0 Å². The molecule has 0 aliphatic heterocycles. The number of halogens is 2. The first-order valence-electron chi connectivity index (χ1n) is 6.12. The third-order valence-electron chi connectivity index (χ3n) is 3.11. The lowest BCUT2D eigenvalue weighted by Gasteiger charge is -2.29. The summed E-state index contributed by atoms with van der Waals surface area (Å²) in [6.07, 6.45) is 5.12. The Balaban J connectivity index is 2.98. The minimum absolute atomic E-state index is 0.0375. The molecule has 0 bridgehead atoms. The van der Waals surface area contributed by atoms with Crippen LogP contribution in [0.4, 0.5) is 8.78 Å². The molecule has 0 aliphatic rings. The van der Waals surface area contributed by atoms with Crippen LogP contribution in [0, 0.1) is 11.6 Å². The van der Waals surface area contributed by atoms with Crippen molar-refractivity contribution in [3.05, 3.63) is 67.3 Å². The topological polar surface area (TPSA) is 3.24 Å². The fourth-order valence-corrected chi connectivity index (χ4v) is 1.91. The van der Waals surface area contributed by atoms with Crippen LogP contribution in [0.2, 0.25) is 0 Å². The van der Waals surface area contributed by atoms with Gasteiger partial charge in [0, 0.05) is 18.8 Å². The molecule has 0 radical (unpaired) electrons. The first-order valence-corrected chi connectivity index (χ1v) is 6.12. The predicted molar refractivity (Wildman–Crippen MR) is 76.6 cm³/mol. The van der Waals surface area contributed by atoms with E-state index in [4.69, 9.17) is 0 Å². The molecule has 1 atom stereocenters. The number of allylic oxidation sites excluding steroid dienone is 1. The number of likely N-dealkylation sites (N-methyl/N-ethyl adjacent to an activating group) is 1. The van der Waals surface area contributed by atoms with Crippen LogP contribution in [-0.2, 0) is 0 Å². The van der Waals surface area contributed by atoms with Gasteiger partial charge in [0.25, 0.3) is 0 Å². The maximum absolute atomic E-state index is 13.7. The molecule has 1 rings (SSSR count). The lowest BCUT2D eigenvalue weighted by molar-refractivity contribution is 0.383. The highest BCUT2D eigenvalue weighted by molar-refractivity contribution is 5.63. The zero-order valence-corrected chi connectivity index (χ0v) is 11.2. The second kappa shape index (κ2) is 6.88. The maximum atomic E-state index is 13.7. The molecule has 19 heavy (non-hydrogen) atoms. The smallest absolute Gasteiger partial charge is 0.135 e. The Morgan fingerprint density at radius 1 is 1.32 bits per heavy atom. The molecule has 1 aromatic rings. The minimum Gasteiger partial charge on any atom is -0.368 e. The minimum atomic E-state index is -0.608. The fourth-order valence-electron chi connectivity index (χ4n) is 1.91. The van der Waals surface area contributed by atoms with Crippen LogP contribution in [0.15, 0.2) is 50.1 Å². The van der Waals surface area contributed by atoms with E-state index < -0.39 is 11.6 Å². The van der Waals surface area contributed by atoms with Gasteiger partial charge in [-0.2, -0.15) is 0 Å². The summed E-state index contributed by atoms with van der Waals surface area (Å²) in [6.45, 7) is 11.2. The molecule has 0 aromatic heterocycles. The van der Waals surface area contributed by atoms with E-state index in [1.54, 1.807) is 24.1 Å². The van der Waals surface area contributed by atoms with Gasteiger partial charge in [0.2, 0.25) is 0 Å². The van der Waals surface area contributed by atoms with Gasteiger partial charge in [-0.05, 0) is 25.0 Å². The van der Waals surface area contributed by atoms with Crippen molar-refractivity contribution in [2.24, 2.45) is 0 Å². The normalized spacial score (nSPS) is 11.7. The van der Waals surface area contributed by atoms with Crippen LogP contribution in [-0.4, -0.2) is 18.0 Å². The molecule has 0 N–H and O–H groups in total. The van der Waals surface area contributed by atoms with E-state index in [1.807, 2.05) is 0 Å². The Morgan fingerprint density at radius 2 is 1.89 bits per heavy atom. The van der Waals surface area contributed by atoms with Gasteiger partial charge in [0.05, 0.1) is 5.56 Å². The Kier molecular flexibility index (Phi) is 5.49. The van der Waals surface area contributed by atoms with E-state index in [2.05, 4.69) is 19.7 Å². The van der Waals surface area contributed by atoms with Crippen molar-refractivity contribution in [1.29, 1.82) is 0 Å². The van der Waals surface area contributed by atoms with Gasteiger partial charge >= 0.3 is 0 Å². The van der Waals surface area contributed by atoms with E-state index in [-0.39, 0.29) is 11.6 Å². The van der Waals surface area contributed by atoms with Gasteiger partial charge in [-0.15, -0.1) is 13.2 Å². The third kappa shape index (κ3) is 3.53. The summed E-state index contributed by atoms with van der Waals surface area (Å²) in [7, 11) is 1.75. The van der Waals surface area contributed by atoms with Crippen molar-refractivity contribution in [1.82, 2.24) is 4.90 Å². The van der Waals surface area contributed by atoms with Crippen LogP contribution in [0.1, 0.15) is 18.4 Å². The molecule has 1 unspecified atom stereocenters. The third-order valence-corrected chi connectivity index (χ3v) is 3.11. The molecule has 0 amide bonds. The maximum Gasteiger partial charge on any atom is 0.135 e. The van der Waals surface area contributed by atoms with Crippen LogP contribution in [0.5, 0.6) is 0 Å². The molecule has 0 saturated heterocycles. The van der Waals surface area contributed by atoms with E-state index in [0.717, 1.165) is 12.8 Å². The lowest BCUT2D eigenvalue weighted by atomic mass is 10.1. The summed E-state index contributed by atoms with van der Waals surface area (Å²) < 4.78 is 27.4. The van der Waals surface area contributed by atoms with Gasteiger partial charge in [0.15, 0.2) is 0 Å². The van der Waals surface area contributed by atoms with E-state index in [9.17, 15) is 8.78 Å². The molecule has 3 heteroatoms. The average Bonchev–Trinajstić information content (AvgIpc) is 2.39. The Hall–Kier alpha value is -1.90. The van der Waals surface area contributed by atoms with Crippen LogP contribution < -0.4 is 0 Å². The summed E-state index contributed by atoms with van der Waals surface area (Å²) in [5.74, 6) is -1.22. The first-order chi connectivity index (χ1) is 9.02. The zero-order chi connectivity index (χ0) is 14.4. The highest BCUT2D eigenvalue weighted by Crippen LogP contribution is 2.25. The molecule has 0 heterocycles. The molecule has 1 aromatic carbocycles. The number of nitrogens with zero attached hydrogens (tertiary/aromatic N) is 1. The van der Waals surface area contributed by atoms with Gasteiger partial charge in [-0.1, -0.05) is 24.8 Å². The van der Waals surface area contributed by atoms with Crippen LogP contribution in [0.3, 0.4) is 0 Å². The number of rotatable bonds is 7. The van der Waals surface area contributed by atoms with Gasteiger partial charge in [0.1, 0.15) is 11.6 Å². The fraction of sp³-hybridized carbons (Fsp3) is 0.250. The Labute approximate surface area is 113 Å². The second-order valence-electron chi connectivity index (χ2n) is 4.32. The summed E-state index contributed by atoms with van der Waals surface area (Å²) in [6, 6.07) is 3.75. The molecular formula is C16H19F2N. The van der Waals surface area contributed by atoms with E-state index in [1.165, 1.54) is 18.2 Å². The molecular weight excluding hydrogens is 244 g/mol. The largest absolute Gasteiger partial charge is 0.368 e. The summed E-state index contributed by atoms with van der Waals surface area (Å²) in [5, 5.41) is 0. The SMILES string of the molecule is C=CCCC(C=C)N(C)C(=C)c1c(F)cccc1F. The van der Waals surface area contributed by atoms with Crippen LogP contribution >= 0.6 is 0 Å². The van der Waals surface area contributed by atoms with Crippen molar-refractivity contribution in [3.63, 3.8) is 0 Å². The summed E-state index contributed by atoms with van der Waals surface area (Å²) in [4.78, 5) is 1.73. The Bertz CT molecular complexity index is 459. The quantitative estimate of drug-likeness (QED) is 0.659. The number of hydrogen-bond donors (Lipinski definition) is 0. The Morgan fingerprint density at radius 3 is 2.37 bits per heavy atom. The molecule has 102 valence electrons. The molecule has 0 aliphatic carbocycles. The molecule has 0 saturated carbocycles. The molecule has 0 spiro atoms. The van der Waals surface area contributed by atoms with Gasteiger partial charge in [-0.3, -0.25) is 0 Å².